The number of aliphatic hydroxyl groups is 2. The van der Waals surface area contributed by atoms with E-state index in [1.54, 1.807) is 45.6 Å². The molecule has 10 nitrogen and oxygen atoms in total. The first-order valence-electron chi connectivity index (χ1n) is 15.5. The van der Waals surface area contributed by atoms with Crippen LogP contribution in [0, 0.1) is 35.0 Å². The van der Waals surface area contributed by atoms with Crippen LogP contribution in [0.25, 0.3) is 0 Å². The Morgan fingerprint density at radius 2 is 1.88 bits per heavy atom. The van der Waals surface area contributed by atoms with E-state index in [4.69, 9.17) is 18.9 Å². The minimum atomic E-state index is -1.20. The molecular weight excluding hydrogens is 540 g/mol. The molecule has 10 heteroatoms. The van der Waals surface area contributed by atoms with Crippen molar-refractivity contribution < 1.29 is 38.7 Å². The third-order valence-electron chi connectivity index (χ3n) is 12.5. The van der Waals surface area contributed by atoms with Crippen molar-refractivity contribution in [2.45, 2.75) is 81.2 Å². The van der Waals surface area contributed by atoms with E-state index in [9.17, 15) is 19.8 Å². The molecular formula is C32H44N2O8. The molecule has 5 saturated carbocycles. The predicted molar refractivity (Wildman–Crippen MR) is 152 cm³/mol. The zero-order chi connectivity index (χ0) is 29.8. The molecule has 13 atom stereocenters. The average Bonchev–Trinajstić information content (AvgIpc) is 3.41. The van der Waals surface area contributed by atoms with Gasteiger partial charge in [-0.15, -0.1) is 0 Å². The van der Waals surface area contributed by atoms with E-state index in [-0.39, 0.29) is 53.6 Å². The van der Waals surface area contributed by atoms with Gasteiger partial charge in [-0.05, 0) is 43.9 Å². The summed E-state index contributed by atoms with van der Waals surface area (Å²) >= 11 is 0. The third-order valence-corrected chi connectivity index (χ3v) is 12.5. The van der Waals surface area contributed by atoms with Crippen molar-refractivity contribution in [2.24, 2.45) is 35.0 Å². The van der Waals surface area contributed by atoms with Crippen LogP contribution in [0.4, 0.5) is 5.69 Å². The number of nitrogens with one attached hydrogen (secondary N) is 1. The van der Waals surface area contributed by atoms with E-state index in [1.807, 2.05) is 0 Å². The minimum absolute atomic E-state index is 0.00894. The average molecular weight is 585 g/mol. The van der Waals surface area contributed by atoms with Crippen molar-refractivity contribution in [1.82, 2.24) is 4.90 Å². The van der Waals surface area contributed by atoms with E-state index >= 15 is 0 Å². The number of fused-ring (bicyclic) bond motifs is 2. The van der Waals surface area contributed by atoms with E-state index in [0.717, 1.165) is 6.42 Å². The van der Waals surface area contributed by atoms with E-state index in [2.05, 4.69) is 17.1 Å². The molecule has 1 saturated heterocycles. The van der Waals surface area contributed by atoms with Gasteiger partial charge >= 0.3 is 5.97 Å². The number of amides is 1. The minimum Gasteiger partial charge on any atom is -0.454 e. The number of anilines is 1. The molecule has 7 rings (SSSR count). The quantitative estimate of drug-likeness (QED) is 0.413. The van der Waals surface area contributed by atoms with Crippen molar-refractivity contribution in [3.63, 3.8) is 0 Å². The molecule has 6 fully saturated rings. The van der Waals surface area contributed by atoms with Gasteiger partial charge in [0.2, 0.25) is 5.91 Å². The Morgan fingerprint density at radius 1 is 1.12 bits per heavy atom. The van der Waals surface area contributed by atoms with Crippen molar-refractivity contribution in [1.29, 1.82) is 0 Å². The molecule has 0 unspecified atom stereocenters. The number of carbonyl (C=O) groups excluding carboxylic acids is 2. The Hall–Kier alpha value is -2.08. The lowest BCUT2D eigenvalue weighted by molar-refractivity contribution is -0.284. The highest BCUT2D eigenvalue weighted by Crippen LogP contribution is 2.78. The molecule has 6 aliphatic rings. The normalized spacial score (nSPS) is 48.2. The highest BCUT2D eigenvalue weighted by Gasteiger charge is 2.87. The summed E-state index contributed by atoms with van der Waals surface area (Å²) in [6.45, 7) is 4.65. The Bertz CT molecular complexity index is 1280. The first-order valence-corrected chi connectivity index (χ1v) is 15.5. The molecule has 1 aromatic carbocycles. The molecule has 1 spiro atoms. The summed E-state index contributed by atoms with van der Waals surface area (Å²) in [5, 5.41) is 28.1. The summed E-state index contributed by atoms with van der Waals surface area (Å²) in [5.41, 5.74) is -2.06. The number of hydrogen-bond acceptors (Lipinski definition) is 9. The van der Waals surface area contributed by atoms with Crippen molar-refractivity contribution in [3.8, 4) is 0 Å². The van der Waals surface area contributed by atoms with Crippen LogP contribution in [0.15, 0.2) is 24.3 Å². The standard InChI is InChI=1S/C32H44N2O8/c1-6-34-15-30(42-29(37)17-9-7-8-10-20(17)33-16(2)35)12-11-22(40-4)32-19-13-18-21(39-3)14-31(38,23(19)26(18)41-5)24(28(32)34)25(36)27(30)32/h7-10,18-19,21-28,36,38H,6,11-15H2,1-5H3,(H,33,35)/t18-,19-,21+,22+,23-,24+,25-,26+,27-,28-,30-,31-,32+/m1/s1. The largest absolute Gasteiger partial charge is 0.454 e. The van der Waals surface area contributed by atoms with Crippen molar-refractivity contribution in [2.75, 3.05) is 39.7 Å². The van der Waals surface area contributed by atoms with Crippen LogP contribution < -0.4 is 5.32 Å². The zero-order valence-corrected chi connectivity index (χ0v) is 25.1. The van der Waals surface area contributed by atoms with Gasteiger partial charge in [0.25, 0.3) is 0 Å². The Balaban J connectivity index is 1.38. The molecule has 1 heterocycles. The van der Waals surface area contributed by atoms with E-state index < -0.39 is 40.5 Å². The SMILES string of the molecule is CCN1C[C@]2(OC(=O)c3ccccc3NC(C)=O)CC[C@H](OC)[C@@]34[C@@H]5C[C@H]6[C@H](OC)[C@@H]5[C@](O)(C[C@@H]6OC)[C@@H]([C@@H](O)[C@H]23)[C@@H]14. The number of carbonyl (C=O) groups is 2. The number of nitrogens with zero attached hydrogens (tertiary/aromatic N) is 1. The maximum Gasteiger partial charge on any atom is 0.340 e. The number of aliphatic hydroxyl groups excluding tert-OH is 1. The monoisotopic (exact) mass is 584 g/mol. The fourth-order valence-corrected chi connectivity index (χ4v) is 11.6. The lowest BCUT2D eigenvalue weighted by atomic mass is 9.45. The van der Waals surface area contributed by atoms with Gasteiger partial charge in [-0.25, -0.2) is 4.79 Å². The first-order chi connectivity index (χ1) is 20.1. The maximum atomic E-state index is 14.0. The van der Waals surface area contributed by atoms with E-state index in [1.165, 1.54) is 6.92 Å². The summed E-state index contributed by atoms with van der Waals surface area (Å²) in [6, 6.07) is 6.74. The molecule has 0 radical (unpaired) electrons. The topological polar surface area (TPSA) is 127 Å². The number of benzene rings is 1. The van der Waals surface area contributed by atoms with Crippen molar-refractivity contribution in [3.05, 3.63) is 29.8 Å². The second-order valence-corrected chi connectivity index (χ2v) is 13.6. The number of esters is 1. The fourth-order valence-electron chi connectivity index (χ4n) is 11.6. The number of para-hydroxylation sites is 1. The van der Waals surface area contributed by atoms with Gasteiger partial charge in [-0.2, -0.15) is 0 Å². The van der Waals surface area contributed by atoms with Crippen LogP contribution in [-0.2, 0) is 23.7 Å². The number of methoxy groups -OCH3 is 3. The van der Waals surface area contributed by atoms with Crippen LogP contribution in [0.2, 0.25) is 0 Å². The Labute approximate surface area is 247 Å². The third kappa shape index (κ3) is 3.37. The van der Waals surface area contributed by atoms with Gasteiger partial charge in [-0.3, -0.25) is 9.69 Å². The molecule has 7 bridgehead atoms. The number of likely N-dealkylation sites (N-methyl/N-ethyl adjacent to an activating group) is 1. The molecule has 0 aromatic heterocycles. The number of ether oxygens (including phenoxy) is 4. The second-order valence-electron chi connectivity index (χ2n) is 13.6. The summed E-state index contributed by atoms with van der Waals surface area (Å²) in [6.07, 6.45) is 1.01. The van der Waals surface area contributed by atoms with Crippen LogP contribution in [-0.4, -0.2) is 103 Å². The molecule has 1 aliphatic heterocycles. The number of rotatable bonds is 7. The fraction of sp³-hybridized carbons (Fsp3) is 0.750. The maximum absolute atomic E-state index is 14.0. The van der Waals surface area contributed by atoms with Gasteiger partial charge in [0.05, 0.1) is 41.3 Å². The summed E-state index contributed by atoms with van der Waals surface area (Å²) in [4.78, 5) is 28.3. The lowest BCUT2D eigenvalue weighted by Gasteiger charge is -2.68. The lowest BCUT2D eigenvalue weighted by Crippen LogP contribution is -2.78. The molecule has 42 heavy (non-hydrogen) atoms. The van der Waals surface area contributed by atoms with Crippen LogP contribution in [0.3, 0.4) is 0 Å². The highest BCUT2D eigenvalue weighted by molar-refractivity contribution is 6.00. The molecule has 1 amide bonds. The zero-order valence-electron chi connectivity index (χ0n) is 25.1. The molecule has 230 valence electrons. The van der Waals surface area contributed by atoms with Gasteiger partial charge < -0.3 is 34.5 Å². The second kappa shape index (κ2) is 9.71. The molecule has 3 N–H and O–H groups in total. The molecule has 5 aliphatic carbocycles. The van der Waals surface area contributed by atoms with Gasteiger partial charge in [0.15, 0.2) is 0 Å². The van der Waals surface area contributed by atoms with Crippen LogP contribution in [0.5, 0.6) is 0 Å². The van der Waals surface area contributed by atoms with Gasteiger partial charge in [0.1, 0.15) is 5.60 Å². The van der Waals surface area contributed by atoms with E-state index in [0.29, 0.717) is 38.0 Å². The summed E-state index contributed by atoms with van der Waals surface area (Å²) in [7, 11) is 5.17. The Morgan fingerprint density at radius 3 is 2.55 bits per heavy atom. The van der Waals surface area contributed by atoms with Crippen LogP contribution in [0.1, 0.15) is 49.9 Å². The predicted octanol–water partition coefficient (Wildman–Crippen LogP) is 2.08. The summed E-state index contributed by atoms with van der Waals surface area (Å²) in [5.74, 6) is -1.75. The number of hydrogen-bond donors (Lipinski definition) is 3. The smallest absolute Gasteiger partial charge is 0.340 e. The van der Waals surface area contributed by atoms with Crippen LogP contribution >= 0.6 is 0 Å². The van der Waals surface area contributed by atoms with Gasteiger partial charge in [-0.1, -0.05) is 19.1 Å². The van der Waals surface area contributed by atoms with Crippen molar-refractivity contribution >= 4 is 17.6 Å². The Kier molecular flexibility index (Phi) is 6.63. The number of piperidine rings is 1. The first kappa shape index (κ1) is 28.7. The number of likely N-dealkylation sites (tertiary alicyclic amines) is 1. The summed E-state index contributed by atoms with van der Waals surface area (Å²) < 4.78 is 25.1. The van der Waals surface area contributed by atoms with Gasteiger partial charge in [0, 0.05) is 76.3 Å². The molecule has 1 aromatic rings. The highest BCUT2D eigenvalue weighted by atomic mass is 16.6.